The third-order valence-electron chi connectivity index (χ3n) is 3.60. The minimum Gasteiger partial charge on any atom is -0.465 e. The SMILES string of the molecule is CC(Nc1ccccc1)C1CCCN(C(=O)O)C1. The summed E-state index contributed by atoms with van der Waals surface area (Å²) < 4.78 is 0. The largest absolute Gasteiger partial charge is 0.465 e. The van der Waals surface area contributed by atoms with Gasteiger partial charge in [0.25, 0.3) is 0 Å². The van der Waals surface area contributed by atoms with Crippen molar-refractivity contribution in [3.8, 4) is 0 Å². The Bertz CT molecular complexity index is 394. The van der Waals surface area contributed by atoms with Gasteiger partial charge in [0, 0.05) is 24.8 Å². The Hall–Kier alpha value is -1.71. The summed E-state index contributed by atoms with van der Waals surface area (Å²) in [4.78, 5) is 12.5. The molecule has 18 heavy (non-hydrogen) atoms. The molecule has 2 unspecified atom stereocenters. The Balaban J connectivity index is 1.92. The molecule has 1 aromatic rings. The number of nitrogens with zero attached hydrogens (tertiary/aromatic N) is 1. The Labute approximate surface area is 108 Å². The molecular weight excluding hydrogens is 228 g/mol. The molecule has 0 radical (unpaired) electrons. The topological polar surface area (TPSA) is 52.6 Å². The lowest BCUT2D eigenvalue weighted by Crippen LogP contribution is -2.44. The third-order valence-corrected chi connectivity index (χ3v) is 3.60. The molecule has 2 N–H and O–H groups in total. The Morgan fingerprint density at radius 2 is 2.17 bits per heavy atom. The summed E-state index contributed by atoms with van der Waals surface area (Å²) in [5, 5.41) is 12.5. The summed E-state index contributed by atoms with van der Waals surface area (Å²) in [6, 6.07) is 10.3. The molecular formula is C14H20N2O2. The van der Waals surface area contributed by atoms with E-state index in [1.165, 1.54) is 4.90 Å². The molecule has 0 spiro atoms. The summed E-state index contributed by atoms with van der Waals surface area (Å²) in [5.41, 5.74) is 1.09. The molecule has 0 aliphatic carbocycles. The number of likely N-dealkylation sites (tertiary alicyclic amines) is 1. The first kappa shape index (κ1) is 12.7. The van der Waals surface area contributed by atoms with Crippen molar-refractivity contribution in [3.05, 3.63) is 30.3 Å². The molecule has 1 saturated heterocycles. The number of hydrogen-bond acceptors (Lipinski definition) is 2. The number of piperidine rings is 1. The zero-order chi connectivity index (χ0) is 13.0. The van der Waals surface area contributed by atoms with Gasteiger partial charge < -0.3 is 15.3 Å². The van der Waals surface area contributed by atoms with Crippen LogP contribution < -0.4 is 5.32 Å². The van der Waals surface area contributed by atoms with Crippen LogP contribution >= 0.6 is 0 Å². The number of nitrogens with one attached hydrogen (secondary N) is 1. The molecule has 1 heterocycles. The highest BCUT2D eigenvalue weighted by Gasteiger charge is 2.26. The van der Waals surface area contributed by atoms with Crippen molar-refractivity contribution in [2.75, 3.05) is 18.4 Å². The molecule has 2 atom stereocenters. The fraction of sp³-hybridized carbons (Fsp3) is 0.500. The second-order valence-corrected chi connectivity index (χ2v) is 4.93. The Morgan fingerprint density at radius 3 is 2.83 bits per heavy atom. The molecule has 98 valence electrons. The van der Waals surface area contributed by atoms with Crippen molar-refractivity contribution < 1.29 is 9.90 Å². The zero-order valence-corrected chi connectivity index (χ0v) is 10.7. The van der Waals surface area contributed by atoms with Gasteiger partial charge in [-0.1, -0.05) is 18.2 Å². The first-order valence-electron chi connectivity index (χ1n) is 6.46. The van der Waals surface area contributed by atoms with E-state index >= 15 is 0 Å². The normalized spacial score (nSPS) is 21.4. The van der Waals surface area contributed by atoms with Crippen LogP contribution in [-0.2, 0) is 0 Å². The quantitative estimate of drug-likeness (QED) is 0.864. The van der Waals surface area contributed by atoms with Gasteiger partial charge >= 0.3 is 6.09 Å². The number of hydrogen-bond donors (Lipinski definition) is 2. The number of rotatable bonds is 3. The highest BCUT2D eigenvalue weighted by atomic mass is 16.4. The summed E-state index contributed by atoms with van der Waals surface area (Å²) in [5.74, 6) is 0.384. The van der Waals surface area contributed by atoms with E-state index in [1.54, 1.807) is 0 Å². The van der Waals surface area contributed by atoms with Gasteiger partial charge in [-0.15, -0.1) is 0 Å². The highest BCUT2D eigenvalue weighted by Crippen LogP contribution is 2.22. The van der Waals surface area contributed by atoms with Crippen molar-refractivity contribution in [2.24, 2.45) is 5.92 Å². The van der Waals surface area contributed by atoms with Crippen LogP contribution in [0.15, 0.2) is 30.3 Å². The van der Waals surface area contributed by atoms with Gasteiger partial charge in [0.2, 0.25) is 0 Å². The molecule has 0 saturated carbocycles. The molecule has 4 heteroatoms. The number of para-hydroxylation sites is 1. The number of anilines is 1. The van der Waals surface area contributed by atoms with E-state index < -0.39 is 6.09 Å². The molecule has 4 nitrogen and oxygen atoms in total. The number of carboxylic acid groups (broad SMARTS) is 1. The predicted molar refractivity (Wildman–Crippen MR) is 71.8 cm³/mol. The highest BCUT2D eigenvalue weighted by molar-refractivity contribution is 5.65. The Morgan fingerprint density at radius 1 is 1.44 bits per heavy atom. The maximum absolute atomic E-state index is 11.0. The van der Waals surface area contributed by atoms with E-state index in [9.17, 15) is 4.79 Å². The third kappa shape index (κ3) is 3.15. The zero-order valence-electron chi connectivity index (χ0n) is 10.7. The van der Waals surface area contributed by atoms with Crippen LogP contribution in [0.2, 0.25) is 0 Å². The standard InChI is InChI=1S/C14H20N2O2/c1-11(15-13-7-3-2-4-8-13)12-6-5-9-16(10-12)14(17)18/h2-4,7-8,11-12,15H,5-6,9-10H2,1H3,(H,17,18). The smallest absolute Gasteiger partial charge is 0.407 e. The first-order chi connectivity index (χ1) is 8.66. The molecule has 0 aromatic heterocycles. The van der Waals surface area contributed by atoms with Gasteiger partial charge in [-0.05, 0) is 37.8 Å². The lowest BCUT2D eigenvalue weighted by Gasteiger charge is -2.34. The average molecular weight is 248 g/mol. The first-order valence-corrected chi connectivity index (χ1v) is 6.46. The number of benzene rings is 1. The van der Waals surface area contributed by atoms with Crippen LogP contribution in [0.25, 0.3) is 0 Å². The van der Waals surface area contributed by atoms with Gasteiger partial charge in [0.15, 0.2) is 0 Å². The second-order valence-electron chi connectivity index (χ2n) is 4.93. The molecule has 2 rings (SSSR count). The minimum absolute atomic E-state index is 0.287. The fourth-order valence-electron chi connectivity index (χ4n) is 2.51. The van der Waals surface area contributed by atoms with Crippen LogP contribution in [0.1, 0.15) is 19.8 Å². The molecule has 1 amide bonds. The van der Waals surface area contributed by atoms with E-state index in [0.29, 0.717) is 19.0 Å². The van der Waals surface area contributed by atoms with Crippen LogP contribution in [0, 0.1) is 5.92 Å². The van der Waals surface area contributed by atoms with Crippen molar-refractivity contribution in [1.29, 1.82) is 0 Å². The maximum atomic E-state index is 11.0. The molecule has 0 bridgehead atoms. The molecule has 1 aromatic carbocycles. The van der Waals surface area contributed by atoms with E-state index in [1.807, 2.05) is 30.3 Å². The lowest BCUT2D eigenvalue weighted by molar-refractivity contribution is 0.117. The van der Waals surface area contributed by atoms with E-state index in [2.05, 4.69) is 12.2 Å². The van der Waals surface area contributed by atoms with Crippen LogP contribution in [0.3, 0.4) is 0 Å². The van der Waals surface area contributed by atoms with Gasteiger partial charge in [-0.25, -0.2) is 4.79 Å². The van der Waals surface area contributed by atoms with E-state index in [0.717, 1.165) is 18.5 Å². The molecule has 1 fully saturated rings. The van der Waals surface area contributed by atoms with Crippen molar-refractivity contribution >= 4 is 11.8 Å². The molecule has 1 aliphatic rings. The van der Waals surface area contributed by atoms with Crippen molar-refractivity contribution in [2.45, 2.75) is 25.8 Å². The summed E-state index contributed by atoms with van der Waals surface area (Å²) in [7, 11) is 0. The average Bonchev–Trinajstić information content (AvgIpc) is 2.40. The van der Waals surface area contributed by atoms with Crippen LogP contribution in [0.5, 0.6) is 0 Å². The van der Waals surface area contributed by atoms with Gasteiger partial charge in [-0.3, -0.25) is 0 Å². The summed E-state index contributed by atoms with van der Waals surface area (Å²) in [6.07, 6.45) is 1.24. The van der Waals surface area contributed by atoms with E-state index in [-0.39, 0.29) is 6.04 Å². The second kappa shape index (κ2) is 5.76. The lowest BCUT2D eigenvalue weighted by atomic mass is 9.91. The van der Waals surface area contributed by atoms with Crippen molar-refractivity contribution in [1.82, 2.24) is 4.90 Å². The van der Waals surface area contributed by atoms with Gasteiger partial charge in [-0.2, -0.15) is 0 Å². The maximum Gasteiger partial charge on any atom is 0.407 e. The van der Waals surface area contributed by atoms with Crippen LogP contribution in [-0.4, -0.2) is 35.2 Å². The van der Waals surface area contributed by atoms with Crippen LogP contribution in [0.4, 0.5) is 10.5 Å². The van der Waals surface area contributed by atoms with Gasteiger partial charge in [0.1, 0.15) is 0 Å². The van der Waals surface area contributed by atoms with Gasteiger partial charge in [0.05, 0.1) is 0 Å². The van der Waals surface area contributed by atoms with Crippen molar-refractivity contribution in [3.63, 3.8) is 0 Å². The fourth-order valence-corrected chi connectivity index (χ4v) is 2.51. The number of amides is 1. The molecule has 1 aliphatic heterocycles. The summed E-state index contributed by atoms with van der Waals surface area (Å²) >= 11 is 0. The number of carbonyl (C=O) groups is 1. The minimum atomic E-state index is -0.799. The summed E-state index contributed by atoms with van der Waals surface area (Å²) in [6.45, 7) is 3.43. The predicted octanol–water partition coefficient (Wildman–Crippen LogP) is 2.88. The monoisotopic (exact) mass is 248 g/mol. The van der Waals surface area contributed by atoms with E-state index in [4.69, 9.17) is 5.11 Å². The Kier molecular flexibility index (Phi) is 4.07.